The van der Waals surface area contributed by atoms with Gasteiger partial charge in [-0.1, -0.05) is 72.8 Å². The third-order valence-corrected chi connectivity index (χ3v) is 7.63. The summed E-state index contributed by atoms with van der Waals surface area (Å²) in [4.78, 5) is 42.8. The summed E-state index contributed by atoms with van der Waals surface area (Å²) in [7, 11) is 0. The van der Waals surface area contributed by atoms with Crippen molar-refractivity contribution in [1.29, 1.82) is 0 Å². The highest BCUT2D eigenvalue weighted by Gasteiger charge is 2.57. The van der Waals surface area contributed by atoms with Crippen molar-refractivity contribution in [3.05, 3.63) is 102 Å². The van der Waals surface area contributed by atoms with Crippen LogP contribution >= 0.6 is 0 Å². The molecule has 7 nitrogen and oxygen atoms in total. The Hall–Kier alpha value is -3.97. The van der Waals surface area contributed by atoms with Crippen molar-refractivity contribution in [2.75, 3.05) is 18.0 Å². The third kappa shape index (κ3) is 6.59. The molecule has 1 saturated carbocycles. The first-order valence-electron chi connectivity index (χ1n) is 13.8. The van der Waals surface area contributed by atoms with E-state index in [4.69, 9.17) is 9.47 Å². The third-order valence-electron chi connectivity index (χ3n) is 7.63. The van der Waals surface area contributed by atoms with Crippen LogP contribution in [0.4, 0.5) is 5.69 Å². The standard InChI is InChI=1S/C33H37NO6/c1-4-34(5-2)26-18-16-25(17-19-26)28-29(31(36)39-21-23-12-8-6-9-13-23)27(35)20-33(3,38)30(28)32(37)40-22-24-14-10-7-11-15-24/h6-19,28-30,38H,4-5,20-22H2,1-3H3. The van der Waals surface area contributed by atoms with Crippen LogP contribution in [0.1, 0.15) is 49.8 Å². The highest BCUT2D eigenvalue weighted by molar-refractivity contribution is 6.02. The molecule has 4 rings (SSSR count). The Bertz CT molecular complexity index is 1290. The molecule has 40 heavy (non-hydrogen) atoms. The predicted octanol–water partition coefficient (Wildman–Crippen LogP) is 5.06. The first-order valence-corrected chi connectivity index (χ1v) is 13.8. The van der Waals surface area contributed by atoms with Crippen LogP contribution in [0, 0.1) is 11.8 Å². The smallest absolute Gasteiger partial charge is 0.317 e. The van der Waals surface area contributed by atoms with Gasteiger partial charge in [0, 0.05) is 31.1 Å². The second-order valence-electron chi connectivity index (χ2n) is 10.4. The summed E-state index contributed by atoms with van der Waals surface area (Å²) in [6.45, 7) is 7.22. The van der Waals surface area contributed by atoms with E-state index in [2.05, 4.69) is 18.7 Å². The summed E-state index contributed by atoms with van der Waals surface area (Å²) >= 11 is 0. The van der Waals surface area contributed by atoms with E-state index >= 15 is 0 Å². The van der Waals surface area contributed by atoms with Crippen LogP contribution in [0.2, 0.25) is 0 Å². The molecule has 0 amide bonds. The van der Waals surface area contributed by atoms with E-state index in [0.29, 0.717) is 5.56 Å². The summed E-state index contributed by atoms with van der Waals surface area (Å²) in [5, 5.41) is 11.4. The molecule has 0 bridgehead atoms. The number of hydrogen-bond donors (Lipinski definition) is 1. The van der Waals surface area contributed by atoms with E-state index in [9.17, 15) is 19.5 Å². The van der Waals surface area contributed by atoms with Crippen molar-refractivity contribution in [2.24, 2.45) is 11.8 Å². The first-order chi connectivity index (χ1) is 19.2. The largest absolute Gasteiger partial charge is 0.461 e. The number of ketones is 1. The number of benzene rings is 3. The number of carbonyl (C=O) groups excluding carboxylic acids is 3. The lowest BCUT2D eigenvalue weighted by molar-refractivity contribution is -0.174. The zero-order chi connectivity index (χ0) is 28.7. The lowest BCUT2D eigenvalue weighted by atomic mass is 9.61. The summed E-state index contributed by atoms with van der Waals surface area (Å²) in [5.74, 6) is -5.25. The molecule has 1 N–H and O–H groups in total. The van der Waals surface area contributed by atoms with Crippen LogP contribution in [-0.4, -0.2) is 41.5 Å². The van der Waals surface area contributed by atoms with Gasteiger partial charge in [0.15, 0.2) is 5.78 Å². The summed E-state index contributed by atoms with van der Waals surface area (Å²) < 4.78 is 11.3. The van der Waals surface area contributed by atoms with Gasteiger partial charge in [0.2, 0.25) is 0 Å². The topological polar surface area (TPSA) is 93.1 Å². The van der Waals surface area contributed by atoms with Crippen molar-refractivity contribution in [3.63, 3.8) is 0 Å². The van der Waals surface area contributed by atoms with Gasteiger partial charge in [0.1, 0.15) is 19.1 Å². The molecule has 4 atom stereocenters. The van der Waals surface area contributed by atoms with Crippen LogP contribution in [0.25, 0.3) is 0 Å². The first kappa shape index (κ1) is 29.0. The van der Waals surface area contributed by atoms with E-state index in [1.54, 1.807) is 0 Å². The average molecular weight is 544 g/mol. The van der Waals surface area contributed by atoms with E-state index in [-0.39, 0.29) is 19.6 Å². The molecule has 1 aliphatic carbocycles. The lowest BCUT2D eigenvalue weighted by Gasteiger charge is -2.43. The van der Waals surface area contributed by atoms with Crippen LogP contribution in [-0.2, 0) is 37.1 Å². The number of rotatable bonds is 10. The van der Waals surface area contributed by atoms with Crippen molar-refractivity contribution in [2.45, 2.75) is 51.9 Å². The van der Waals surface area contributed by atoms with E-state index in [1.165, 1.54) is 6.92 Å². The average Bonchev–Trinajstić information content (AvgIpc) is 2.96. The zero-order valence-corrected chi connectivity index (χ0v) is 23.3. The Kier molecular flexibility index (Phi) is 9.38. The van der Waals surface area contributed by atoms with E-state index < -0.39 is 41.1 Å². The Morgan fingerprint density at radius 1 is 0.825 bits per heavy atom. The minimum Gasteiger partial charge on any atom is -0.461 e. The van der Waals surface area contributed by atoms with Crippen LogP contribution in [0.5, 0.6) is 0 Å². The molecular formula is C33H37NO6. The fourth-order valence-corrected chi connectivity index (χ4v) is 5.55. The molecule has 3 aromatic rings. The van der Waals surface area contributed by atoms with Crippen LogP contribution < -0.4 is 4.90 Å². The molecule has 210 valence electrons. The van der Waals surface area contributed by atoms with Gasteiger partial charge >= 0.3 is 11.9 Å². The molecular weight excluding hydrogens is 506 g/mol. The Labute approximate surface area is 235 Å². The molecule has 0 radical (unpaired) electrons. The van der Waals surface area contributed by atoms with Gasteiger partial charge in [0.25, 0.3) is 0 Å². The van der Waals surface area contributed by atoms with Gasteiger partial charge in [-0.3, -0.25) is 14.4 Å². The zero-order valence-electron chi connectivity index (χ0n) is 23.3. The van der Waals surface area contributed by atoms with E-state index in [1.807, 2.05) is 84.9 Å². The number of ether oxygens (including phenoxy) is 2. The van der Waals surface area contributed by atoms with Crippen molar-refractivity contribution in [3.8, 4) is 0 Å². The molecule has 7 heteroatoms. The maximum absolute atomic E-state index is 13.6. The van der Waals surface area contributed by atoms with Crippen molar-refractivity contribution < 1.29 is 29.0 Å². The summed E-state index contributed by atoms with van der Waals surface area (Å²) in [6.07, 6.45) is -0.364. The number of nitrogens with zero attached hydrogens (tertiary/aromatic N) is 1. The number of carbonyl (C=O) groups is 3. The number of hydrogen-bond acceptors (Lipinski definition) is 7. The molecule has 0 aromatic heterocycles. The fraction of sp³-hybridized carbons (Fsp3) is 0.364. The van der Waals surface area contributed by atoms with Crippen LogP contribution in [0.3, 0.4) is 0 Å². The maximum Gasteiger partial charge on any atom is 0.317 e. The Morgan fingerprint density at radius 3 is 1.82 bits per heavy atom. The molecule has 0 aliphatic heterocycles. The number of aliphatic hydroxyl groups is 1. The van der Waals surface area contributed by atoms with Gasteiger partial charge in [-0.25, -0.2) is 0 Å². The predicted molar refractivity (Wildman–Crippen MR) is 152 cm³/mol. The number of Topliss-reactive ketones (excluding diaryl/α,β-unsaturated/α-hetero) is 1. The lowest BCUT2D eigenvalue weighted by Crippen LogP contribution is -2.55. The second-order valence-corrected chi connectivity index (χ2v) is 10.4. The van der Waals surface area contributed by atoms with Gasteiger partial charge in [0.05, 0.1) is 11.5 Å². The van der Waals surface area contributed by atoms with E-state index in [0.717, 1.165) is 29.9 Å². The van der Waals surface area contributed by atoms with Crippen LogP contribution in [0.15, 0.2) is 84.9 Å². The molecule has 0 heterocycles. The number of anilines is 1. The van der Waals surface area contributed by atoms with Crippen molar-refractivity contribution in [1.82, 2.24) is 0 Å². The number of esters is 2. The highest BCUT2D eigenvalue weighted by Crippen LogP contribution is 2.47. The summed E-state index contributed by atoms with van der Waals surface area (Å²) in [5.41, 5.74) is 1.43. The molecule has 0 saturated heterocycles. The normalized spacial score (nSPS) is 22.4. The fourth-order valence-electron chi connectivity index (χ4n) is 5.55. The molecule has 1 fully saturated rings. The van der Waals surface area contributed by atoms with Crippen molar-refractivity contribution >= 4 is 23.4 Å². The van der Waals surface area contributed by atoms with Gasteiger partial charge < -0.3 is 19.5 Å². The van der Waals surface area contributed by atoms with Gasteiger partial charge in [-0.15, -0.1) is 0 Å². The Balaban J connectivity index is 1.69. The minimum atomic E-state index is -1.72. The molecule has 4 unspecified atom stereocenters. The molecule has 3 aromatic carbocycles. The monoisotopic (exact) mass is 543 g/mol. The Morgan fingerprint density at radius 2 is 1.32 bits per heavy atom. The highest BCUT2D eigenvalue weighted by atomic mass is 16.5. The van der Waals surface area contributed by atoms with Gasteiger partial charge in [-0.05, 0) is 49.6 Å². The SMILES string of the molecule is CCN(CC)c1ccc(C2C(C(=O)OCc3ccccc3)C(=O)CC(C)(O)C2C(=O)OCc2ccccc2)cc1. The quantitative estimate of drug-likeness (QED) is 0.282. The summed E-state index contributed by atoms with van der Waals surface area (Å²) in [6, 6.07) is 25.9. The molecule has 1 aliphatic rings. The molecule has 0 spiro atoms. The second kappa shape index (κ2) is 12.9. The maximum atomic E-state index is 13.6. The minimum absolute atomic E-state index is 0.00339. The van der Waals surface area contributed by atoms with Gasteiger partial charge in [-0.2, -0.15) is 0 Å².